The zero-order chi connectivity index (χ0) is 13.1. The van der Waals surface area contributed by atoms with Crippen LogP contribution in [0.15, 0.2) is 42.5 Å². The van der Waals surface area contributed by atoms with Gasteiger partial charge in [0.2, 0.25) is 0 Å². The molecule has 0 saturated carbocycles. The van der Waals surface area contributed by atoms with E-state index in [9.17, 15) is 5.11 Å². The van der Waals surface area contributed by atoms with Crippen LogP contribution in [0, 0.1) is 0 Å². The van der Waals surface area contributed by atoms with E-state index in [0.717, 1.165) is 5.56 Å². The Morgan fingerprint density at radius 2 is 1.72 bits per heavy atom. The minimum absolute atomic E-state index is 0.461. The lowest BCUT2D eigenvalue weighted by molar-refractivity contribution is 0.199. The van der Waals surface area contributed by atoms with E-state index in [-0.39, 0.29) is 0 Å². The maximum atomic E-state index is 9.45. The van der Waals surface area contributed by atoms with Crippen LogP contribution < -0.4 is 4.74 Å². The van der Waals surface area contributed by atoms with Gasteiger partial charge in [-0.2, -0.15) is 0 Å². The number of ether oxygens (including phenoxy) is 1. The average Bonchev–Trinajstić information content (AvgIpc) is 2.34. The van der Waals surface area contributed by atoms with Crippen molar-refractivity contribution in [2.45, 2.75) is 13.0 Å². The molecule has 0 aromatic heterocycles. The Morgan fingerprint density at radius 3 is 2.28 bits per heavy atom. The first kappa shape index (κ1) is 13.2. The summed E-state index contributed by atoms with van der Waals surface area (Å²) < 4.78 is 5.63. The molecule has 0 aliphatic heterocycles. The summed E-state index contributed by atoms with van der Waals surface area (Å²) in [7, 11) is 0. The third-order valence-corrected chi connectivity index (χ3v) is 3.03. The molecule has 0 aliphatic rings. The first-order chi connectivity index (χ1) is 8.56. The van der Waals surface area contributed by atoms with Crippen LogP contribution in [-0.4, -0.2) is 5.11 Å². The third-order valence-electron chi connectivity index (χ3n) is 2.48. The van der Waals surface area contributed by atoms with Crippen molar-refractivity contribution >= 4 is 23.2 Å². The van der Waals surface area contributed by atoms with Crippen LogP contribution in [-0.2, 0) is 0 Å². The zero-order valence-corrected chi connectivity index (χ0v) is 11.2. The number of aliphatic hydroxyl groups is 1. The standard InChI is InChI=1S/C14H12Cl2O2/c1-9(17)10-2-7-14(13(16)8-10)18-12-5-3-11(15)4-6-12/h2-9,17H,1H3. The predicted molar refractivity (Wildman–Crippen MR) is 73.6 cm³/mol. The van der Waals surface area contributed by atoms with Gasteiger partial charge in [0.15, 0.2) is 0 Å². The van der Waals surface area contributed by atoms with Crippen molar-refractivity contribution in [3.05, 3.63) is 58.1 Å². The Hall–Kier alpha value is -1.22. The van der Waals surface area contributed by atoms with Crippen molar-refractivity contribution < 1.29 is 9.84 Å². The van der Waals surface area contributed by atoms with E-state index in [4.69, 9.17) is 27.9 Å². The minimum Gasteiger partial charge on any atom is -0.456 e. The van der Waals surface area contributed by atoms with E-state index in [0.29, 0.717) is 21.5 Å². The maximum absolute atomic E-state index is 9.45. The molecule has 2 nitrogen and oxygen atoms in total. The quantitative estimate of drug-likeness (QED) is 0.873. The summed E-state index contributed by atoms with van der Waals surface area (Å²) in [6.07, 6.45) is -0.549. The molecule has 1 unspecified atom stereocenters. The van der Waals surface area contributed by atoms with Crippen LogP contribution in [0.1, 0.15) is 18.6 Å². The molecule has 18 heavy (non-hydrogen) atoms. The van der Waals surface area contributed by atoms with E-state index in [1.165, 1.54) is 0 Å². The Kier molecular flexibility index (Phi) is 4.12. The normalized spacial score (nSPS) is 12.2. The Labute approximate surface area is 116 Å². The molecule has 94 valence electrons. The van der Waals surface area contributed by atoms with Crippen LogP contribution in [0.3, 0.4) is 0 Å². The fraction of sp³-hybridized carbons (Fsp3) is 0.143. The van der Waals surface area contributed by atoms with E-state index in [1.54, 1.807) is 49.4 Å². The maximum Gasteiger partial charge on any atom is 0.146 e. The SMILES string of the molecule is CC(O)c1ccc(Oc2ccc(Cl)cc2)c(Cl)c1. The van der Waals surface area contributed by atoms with Gasteiger partial charge in [0.1, 0.15) is 11.5 Å². The molecule has 2 aromatic carbocycles. The number of aliphatic hydroxyl groups excluding tert-OH is 1. The number of hydrogen-bond donors (Lipinski definition) is 1. The molecule has 0 spiro atoms. The highest BCUT2D eigenvalue weighted by Crippen LogP contribution is 2.32. The van der Waals surface area contributed by atoms with Crippen molar-refractivity contribution in [1.82, 2.24) is 0 Å². The van der Waals surface area contributed by atoms with Gasteiger partial charge in [-0.25, -0.2) is 0 Å². The number of hydrogen-bond acceptors (Lipinski definition) is 2. The summed E-state index contributed by atoms with van der Waals surface area (Å²) >= 11 is 11.9. The summed E-state index contributed by atoms with van der Waals surface area (Å²) in [5, 5.41) is 10.6. The van der Waals surface area contributed by atoms with Crippen molar-refractivity contribution in [1.29, 1.82) is 0 Å². The van der Waals surface area contributed by atoms with Gasteiger partial charge >= 0.3 is 0 Å². The second-order valence-electron chi connectivity index (χ2n) is 3.92. The van der Waals surface area contributed by atoms with Gasteiger partial charge in [0.05, 0.1) is 11.1 Å². The number of benzene rings is 2. The summed E-state index contributed by atoms with van der Waals surface area (Å²) in [6, 6.07) is 12.2. The number of rotatable bonds is 3. The predicted octanol–water partition coefficient (Wildman–Crippen LogP) is 4.84. The van der Waals surface area contributed by atoms with Crippen LogP contribution >= 0.6 is 23.2 Å². The summed E-state index contributed by atoms with van der Waals surface area (Å²) in [5.41, 5.74) is 0.753. The lowest BCUT2D eigenvalue weighted by Gasteiger charge is -2.10. The Balaban J connectivity index is 2.22. The topological polar surface area (TPSA) is 29.5 Å². The second kappa shape index (κ2) is 5.61. The molecule has 0 bridgehead atoms. The first-order valence-corrected chi connectivity index (χ1v) is 6.23. The third kappa shape index (κ3) is 3.16. The van der Waals surface area contributed by atoms with Crippen LogP contribution in [0.25, 0.3) is 0 Å². The summed E-state index contributed by atoms with van der Waals surface area (Å²) in [4.78, 5) is 0. The highest BCUT2D eigenvalue weighted by Gasteiger charge is 2.07. The van der Waals surface area contributed by atoms with Gasteiger partial charge in [-0.15, -0.1) is 0 Å². The van der Waals surface area contributed by atoms with E-state index >= 15 is 0 Å². The van der Waals surface area contributed by atoms with Crippen molar-refractivity contribution in [2.75, 3.05) is 0 Å². The smallest absolute Gasteiger partial charge is 0.146 e. The molecular formula is C14H12Cl2O2. The second-order valence-corrected chi connectivity index (χ2v) is 4.77. The summed E-state index contributed by atoms with van der Waals surface area (Å²) in [6.45, 7) is 1.69. The highest BCUT2D eigenvalue weighted by molar-refractivity contribution is 6.32. The van der Waals surface area contributed by atoms with Gasteiger partial charge < -0.3 is 9.84 Å². The molecule has 0 fully saturated rings. The molecule has 1 atom stereocenters. The molecule has 0 heterocycles. The first-order valence-electron chi connectivity index (χ1n) is 5.47. The number of halogens is 2. The molecular weight excluding hydrogens is 271 g/mol. The van der Waals surface area contributed by atoms with Crippen LogP contribution in [0.2, 0.25) is 10.0 Å². The fourth-order valence-corrected chi connectivity index (χ4v) is 1.84. The highest BCUT2D eigenvalue weighted by atomic mass is 35.5. The van der Waals surface area contributed by atoms with Crippen LogP contribution in [0.5, 0.6) is 11.5 Å². The van der Waals surface area contributed by atoms with Gasteiger partial charge in [0, 0.05) is 5.02 Å². The van der Waals surface area contributed by atoms with Crippen molar-refractivity contribution in [3.63, 3.8) is 0 Å². The molecule has 0 radical (unpaired) electrons. The lowest BCUT2D eigenvalue weighted by atomic mass is 10.1. The minimum atomic E-state index is -0.549. The largest absolute Gasteiger partial charge is 0.456 e. The summed E-state index contributed by atoms with van der Waals surface area (Å²) in [5.74, 6) is 1.20. The van der Waals surface area contributed by atoms with E-state index in [2.05, 4.69) is 0 Å². The monoisotopic (exact) mass is 282 g/mol. The molecule has 0 amide bonds. The van der Waals surface area contributed by atoms with Crippen molar-refractivity contribution in [3.8, 4) is 11.5 Å². The van der Waals surface area contributed by atoms with Gasteiger partial charge in [0.25, 0.3) is 0 Å². The van der Waals surface area contributed by atoms with E-state index < -0.39 is 6.10 Å². The molecule has 0 saturated heterocycles. The van der Waals surface area contributed by atoms with Crippen LogP contribution in [0.4, 0.5) is 0 Å². The van der Waals surface area contributed by atoms with Gasteiger partial charge in [-0.1, -0.05) is 29.3 Å². The molecule has 2 rings (SSSR count). The molecule has 4 heteroatoms. The molecule has 0 aliphatic carbocycles. The zero-order valence-electron chi connectivity index (χ0n) is 9.73. The Morgan fingerprint density at radius 1 is 1.06 bits per heavy atom. The van der Waals surface area contributed by atoms with E-state index in [1.807, 2.05) is 0 Å². The fourth-order valence-electron chi connectivity index (χ4n) is 1.49. The lowest BCUT2D eigenvalue weighted by Crippen LogP contribution is -1.92. The van der Waals surface area contributed by atoms with Gasteiger partial charge in [-0.3, -0.25) is 0 Å². The molecule has 1 N–H and O–H groups in total. The Bertz CT molecular complexity index is 536. The average molecular weight is 283 g/mol. The van der Waals surface area contributed by atoms with Crippen molar-refractivity contribution in [2.24, 2.45) is 0 Å². The molecule has 2 aromatic rings. The van der Waals surface area contributed by atoms with Gasteiger partial charge in [-0.05, 0) is 48.9 Å².